The average Bonchev–Trinajstić information content (AvgIpc) is 2.12. The van der Waals surface area contributed by atoms with Crippen LogP contribution in [0.25, 0.3) is 0 Å². The third-order valence-electron chi connectivity index (χ3n) is 1.85. The van der Waals surface area contributed by atoms with Crippen LogP contribution in [0.1, 0.15) is 11.1 Å². The van der Waals surface area contributed by atoms with Crippen LogP contribution in [0.4, 0.5) is 0 Å². The minimum absolute atomic E-state index is 0.0446. The van der Waals surface area contributed by atoms with E-state index in [2.05, 4.69) is 0 Å². The SMILES string of the molecule is N=C1C(=O)OCc2ccccc21. The van der Waals surface area contributed by atoms with Crippen molar-refractivity contribution in [3.63, 3.8) is 0 Å². The number of hydrogen-bond acceptors (Lipinski definition) is 3. The van der Waals surface area contributed by atoms with E-state index in [1.165, 1.54) is 0 Å². The molecule has 3 heteroatoms. The van der Waals surface area contributed by atoms with Crippen molar-refractivity contribution in [1.29, 1.82) is 5.41 Å². The number of carbonyl (C=O) groups is 1. The van der Waals surface area contributed by atoms with Gasteiger partial charge >= 0.3 is 5.97 Å². The summed E-state index contributed by atoms with van der Waals surface area (Å²) in [7, 11) is 0. The van der Waals surface area contributed by atoms with Crippen LogP contribution in [0.2, 0.25) is 0 Å². The Morgan fingerprint density at radius 2 is 2.08 bits per heavy atom. The highest BCUT2D eigenvalue weighted by Gasteiger charge is 2.21. The molecule has 12 heavy (non-hydrogen) atoms. The van der Waals surface area contributed by atoms with Gasteiger partial charge in [-0.1, -0.05) is 24.3 Å². The van der Waals surface area contributed by atoms with Gasteiger partial charge < -0.3 is 4.74 Å². The molecule has 0 saturated carbocycles. The Kier molecular flexibility index (Phi) is 1.43. The van der Waals surface area contributed by atoms with Crippen LogP contribution < -0.4 is 0 Å². The van der Waals surface area contributed by atoms with E-state index in [4.69, 9.17) is 10.1 Å². The molecule has 1 aliphatic heterocycles. The van der Waals surface area contributed by atoms with E-state index in [0.717, 1.165) is 5.56 Å². The number of rotatable bonds is 0. The summed E-state index contributed by atoms with van der Waals surface area (Å²) in [6, 6.07) is 7.30. The summed E-state index contributed by atoms with van der Waals surface area (Å²) >= 11 is 0. The molecule has 1 N–H and O–H groups in total. The van der Waals surface area contributed by atoms with E-state index in [9.17, 15) is 4.79 Å². The van der Waals surface area contributed by atoms with Gasteiger partial charge in [0.25, 0.3) is 0 Å². The number of esters is 1. The molecule has 0 unspecified atom stereocenters. The summed E-state index contributed by atoms with van der Waals surface area (Å²) in [6.07, 6.45) is 0. The van der Waals surface area contributed by atoms with Crippen molar-refractivity contribution in [2.24, 2.45) is 0 Å². The molecule has 0 aromatic heterocycles. The minimum Gasteiger partial charge on any atom is -0.456 e. The zero-order valence-corrected chi connectivity index (χ0v) is 6.33. The molecule has 0 bridgehead atoms. The second-order valence-electron chi connectivity index (χ2n) is 2.61. The van der Waals surface area contributed by atoms with Crippen molar-refractivity contribution < 1.29 is 9.53 Å². The van der Waals surface area contributed by atoms with Crippen molar-refractivity contribution in [2.75, 3.05) is 0 Å². The topological polar surface area (TPSA) is 50.2 Å². The lowest BCUT2D eigenvalue weighted by Gasteiger charge is -2.15. The maximum atomic E-state index is 10.9. The molecular weight excluding hydrogens is 154 g/mol. The molecule has 1 heterocycles. The highest BCUT2D eigenvalue weighted by atomic mass is 16.5. The van der Waals surface area contributed by atoms with Gasteiger partial charge in [-0.2, -0.15) is 0 Å². The first kappa shape index (κ1) is 7.03. The Morgan fingerprint density at radius 3 is 2.92 bits per heavy atom. The maximum absolute atomic E-state index is 10.9. The van der Waals surface area contributed by atoms with Crippen molar-refractivity contribution in [2.45, 2.75) is 6.61 Å². The number of benzene rings is 1. The highest BCUT2D eigenvalue weighted by Crippen LogP contribution is 2.16. The normalized spacial score (nSPS) is 15.3. The largest absolute Gasteiger partial charge is 0.456 e. The first-order chi connectivity index (χ1) is 5.79. The minimum atomic E-state index is -0.534. The molecule has 0 aliphatic carbocycles. The second kappa shape index (κ2) is 2.44. The zero-order valence-electron chi connectivity index (χ0n) is 6.33. The summed E-state index contributed by atoms with van der Waals surface area (Å²) in [5, 5.41) is 7.40. The number of hydrogen-bond donors (Lipinski definition) is 1. The lowest BCUT2D eigenvalue weighted by atomic mass is 10.0. The van der Waals surface area contributed by atoms with E-state index >= 15 is 0 Å². The Balaban J connectivity index is 2.56. The van der Waals surface area contributed by atoms with Crippen molar-refractivity contribution >= 4 is 11.7 Å². The fourth-order valence-electron chi connectivity index (χ4n) is 1.22. The standard InChI is InChI=1S/C9H7NO2/c10-8-7-4-2-1-3-6(7)5-12-9(8)11/h1-4,10H,5H2. The number of fused-ring (bicyclic) bond motifs is 1. The fourth-order valence-corrected chi connectivity index (χ4v) is 1.22. The second-order valence-corrected chi connectivity index (χ2v) is 2.61. The predicted molar refractivity (Wildman–Crippen MR) is 43.1 cm³/mol. The lowest BCUT2D eigenvalue weighted by molar-refractivity contribution is -0.137. The van der Waals surface area contributed by atoms with E-state index in [0.29, 0.717) is 5.56 Å². The molecule has 0 radical (unpaired) electrons. The monoisotopic (exact) mass is 161 g/mol. The molecule has 0 spiro atoms. The summed E-state index contributed by atoms with van der Waals surface area (Å²) in [5.41, 5.74) is 1.55. The number of cyclic esters (lactones) is 1. The van der Waals surface area contributed by atoms with Gasteiger partial charge in [0.05, 0.1) is 0 Å². The molecule has 2 rings (SSSR count). The third-order valence-corrected chi connectivity index (χ3v) is 1.85. The number of ether oxygens (including phenoxy) is 1. The molecule has 1 aromatic carbocycles. The van der Waals surface area contributed by atoms with Gasteiger partial charge in [-0.25, -0.2) is 4.79 Å². The molecule has 0 saturated heterocycles. The van der Waals surface area contributed by atoms with Crippen molar-refractivity contribution in [1.82, 2.24) is 0 Å². The summed E-state index contributed by atoms with van der Waals surface area (Å²) in [5.74, 6) is -0.534. The molecule has 0 amide bonds. The first-order valence-electron chi connectivity index (χ1n) is 3.63. The maximum Gasteiger partial charge on any atom is 0.357 e. The van der Waals surface area contributed by atoms with Crippen LogP contribution in [-0.2, 0) is 16.1 Å². The quantitative estimate of drug-likeness (QED) is 0.579. The Bertz CT molecular complexity index is 357. The average molecular weight is 161 g/mol. The predicted octanol–water partition coefficient (Wildman–Crippen LogP) is 1.11. The van der Waals surface area contributed by atoms with Gasteiger partial charge in [-0.3, -0.25) is 5.41 Å². The van der Waals surface area contributed by atoms with Crippen LogP contribution in [-0.4, -0.2) is 11.7 Å². The molecule has 1 aliphatic rings. The van der Waals surface area contributed by atoms with E-state index in [1.807, 2.05) is 18.2 Å². The molecule has 3 nitrogen and oxygen atoms in total. The number of carbonyl (C=O) groups excluding carboxylic acids is 1. The molecular formula is C9H7NO2. The molecule has 60 valence electrons. The first-order valence-corrected chi connectivity index (χ1v) is 3.63. The van der Waals surface area contributed by atoms with E-state index in [-0.39, 0.29) is 12.3 Å². The van der Waals surface area contributed by atoms with Crippen LogP contribution in [0.5, 0.6) is 0 Å². The summed E-state index contributed by atoms with van der Waals surface area (Å²) in [6.45, 7) is 0.289. The molecule has 1 aromatic rings. The third kappa shape index (κ3) is 0.906. The van der Waals surface area contributed by atoms with Gasteiger partial charge in [0.2, 0.25) is 0 Å². The van der Waals surface area contributed by atoms with Crippen LogP contribution >= 0.6 is 0 Å². The van der Waals surface area contributed by atoms with Gasteiger partial charge in [0.15, 0.2) is 0 Å². The van der Waals surface area contributed by atoms with Gasteiger partial charge in [-0.15, -0.1) is 0 Å². The summed E-state index contributed by atoms with van der Waals surface area (Å²) in [4.78, 5) is 10.9. The fraction of sp³-hybridized carbons (Fsp3) is 0.111. The van der Waals surface area contributed by atoms with E-state index < -0.39 is 5.97 Å². The van der Waals surface area contributed by atoms with E-state index in [1.54, 1.807) is 6.07 Å². The Labute approximate surface area is 69.5 Å². The van der Waals surface area contributed by atoms with Crippen LogP contribution in [0.15, 0.2) is 24.3 Å². The van der Waals surface area contributed by atoms with Gasteiger partial charge in [0, 0.05) is 5.56 Å². The molecule has 0 fully saturated rings. The summed E-state index contributed by atoms with van der Waals surface area (Å²) < 4.78 is 4.75. The highest BCUT2D eigenvalue weighted by molar-refractivity contribution is 6.42. The van der Waals surface area contributed by atoms with Crippen LogP contribution in [0, 0.1) is 5.41 Å². The Morgan fingerprint density at radius 1 is 1.33 bits per heavy atom. The van der Waals surface area contributed by atoms with Crippen LogP contribution in [0.3, 0.4) is 0 Å². The Hall–Kier alpha value is -1.64. The van der Waals surface area contributed by atoms with Gasteiger partial charge in [-0.05, 0) is 5.56 Å². The molecule has 0 atom stereocenters. The van der Waals surface area contributed by atoms with Gasteiger partial charge in [0.1, 0.15) is 12.3 Å². The van der Waals surface area contributed by atoms with Crippen molar-refractivity contribution in [3.05, 3.63) is 35.4 Å². The zero-order chi connectivity index (χ0) is 8.55. The smallest absolute Gasteiger partial charge is 0.357 e. The lowest BCUT2D eigenvalue weighted by Crippen LogP contribution is -2.24. The number of nitrogens with one attached hydrogen (secondary N) is 1. The van der Waals surface area contributed by atoms with Crippen molar-refractivity contribution in [3.8, 4) is 0 Å².